The van der Waals surface area contributed by atoms with Gasteiger partial charge in [-0.3, -0.25) is 10.1 Å². The van der Waals surface area contributed by atoms with Gasteiger partial charge in [0.1, 0.15) is 0 Å². The molecule has 2 N–H and O–H groups in total. The number of halogens is 1. The maximum Gasteiger partial charge on any atom is 0.335 e. The fourth-order valence-electron chi connectivity index (χ4n) is 1.86. The van der Waals surface area contributed by atoms with Crippen LogP contribution in [0, 0.1) is 22.9 Å². The summed E-state index contributed by atoms with van der Waals surface area (Å²) in [7, 11) is 0. The maximum absolute atomic E-state index is 13.7. The molecule has 0 aliphatic rings. The van der Waals surface area contributed by atoms with E-state index in [4.69, 9.17) is 5.11 Å². The number of benzene rings is 2. The second-order valence-electron chi connectivity index (χ2n) is 4.38. The molecule has 0 radical (unpaired) electrons. The lowest BCUT2D eigenvalue weighted by molar-refractivity contribution is -0.385. The van der Waals surface area contributed by atoms with E-state index in [1.165, 1.54) is 24.3 Å². The molecule has 0 bridgehead atoms. The van der Waals surface area contributed by atoms with Crippen LogP contribution in [0.4, 0.5) is 21.5 Å². The Labute approximate surface area is 119 Å². The van der Waals surface area contributed by atoms with E-state index in [-0.39, 0.29) is 16.9 Å². The predicted molar refractivity (Wildman–Crippen MR) is 74.5 cm³/mol. The Morgan fingerprint density at radius 1 is 1.29 bits per heavy atom. The third-order valence-corrected chi connectivity index (χ3v) is 2.90. The maximum atomic E-state index is 13.7. The Morgan fingerprint density at radius 2 is 2.00 bits per heavy atom. The van der Waals surface area contributed by atoms with Crippen LogP contribution in [-0.2, 0) is 0 Å². The van der Waals surface area contributed by atoms with Gasteiger partial charge >= 0.3 is 5.97 Å². The van der Waals surface area contributed by atoms with Gasteiger partial charge in [0, 0.05) is 11.8 Å². The number of aryl methyl sites for hydroxylation is 1. The molecule has 0 atom stereocenters. The summed E-state index contributed by atoms with van der Waals surface area (Å²) in [5.74, 6) is -1.80. The number of aromatic carboxylic acids is 1. The normalized spacial score (nSPS) is 10.2. The third kappa shape index (κ3) is 3.14. The molecule has 0 unspecified atom stereocenters. The average Bonchev–Trinajstić information content (AvgIpc) is 2.40. The fraction of sp³-hybridized carbons (Fsp3) is 0.0714. The van der Waals surface area contributed by atoms with Crippen LogP contribution in [-0.4, -0.2) is 16.0 Å². The number of carboxylic acids is 1. The van der Waals surface area contributed by atoms with E-state index in [1.807, 2.05) is 0 Å². The molecule has 108 valence electrons. The number of carbonyl (C=O) groups is 1. The molecule has 0 aromatic heterocycles. The first-order valence-corrected chi connectivity index (χ1v) is 5.93. The van der Waals surface area contributed by atoms with Crippen molar-refractivity contribution in [2.75, 3.05) is 5.32 Å². The average molecular weight is 290 g/mol. The van der Waals surface area contributed by atoms with E-state index in [0.717, 1.165) is 6.07 Å². The number of non-ortho nitro benzene ring substituents is 1. The Bertz CT molecular complexity index is 731. The zero-order valence-corrected chi connectivity index (χ0v) is 11.0. The van der Waals surface area contributed by atoms with Gasteiger partial charge in [-0.25, -0.2) is 9.18 Å². The van der Waals surface area contributed by atoms with Crippen LogP contribution in [0.1, 0.15) is 15.9 Å². The van der Waals surface area contributed by atoms with Crippen LogP contribution in [0.3, 0.4) is 0 Å². The minimum atomic E-state index is -1.04. The molecular weight excluding hydrogens is 279 g/mol. The molecule has 2 aromatic rings. The molecule has 0 saturated carbocycles. The molecule has 0 amide bonds. The number of nitrogens with one attached hydrogen (secondary N) is 1. The molecule has 0 heterocycles. The summed E-state index contributed by atoms with van der Waals surface area (Å²) in [5, 5.41) is 22.2. The lowest BCUT2D eigenvalue weighted by atomic mass is 10.1. The predicted octanol–water partition coefficient (Wildman–Crippen LogP) is 3.48. The number of nitro groups is 1. The van der Waals surface area contributed by atoms with Gasteiger partial charge in [0.2, 0.25) is 0 Å². The summed E-state index contributed by atoms with van der Waals surface area (Å²) in [6.07, 6.45) is 0. The van der Waals surface area contributed by atoms with Crippen LogP contribution in [0.15, 0.2) is 36.4 Å². The van der Waals surface area contributed by atoms with Crippen LogP contribution in [0.5, 0.6) is 0 Å². The smallest absolute Gasteiger partial charge is 0.335 e. The zero-order chi connectivity index (χ0) is 15.6. The number of rotatable bonds is 4. The van der Waals surface area contributed by atoms with Crippen molar-refractivity contribution >= 4 is 23.0 Å². The molecule has 0 spiro atoms. The highest BCUT2D eigenvalue weighted by molar-refractivity contribution is 5.90. The highest BCUT2D eigenvalue weighted by Crippen LogP contribution is 2.25. The van der Waals surface area contributed by atoms with Crippen molar-refractivity contribution < 1.29 is 19.2 Å². The molecule has 0 aliphatic heterocycles. The van der Waals surface area contributed by atoms with E-state index in [1.54, 1.807) is 13.0 Å². The standard InChI is InChI=1S/C14H11FN2O4/c1-8-6-9(2-4-11(8)14(18)19)16-13-5-3-10(17(20)21)7-12(13)15/h2-7,16H,1H3,(H,18,19). The van der Waals surface area contributed by atoms with E-state index in [0.29, 0.717) is 11.3 Å². The van der Waals surface area contributed by atoms with Gasteiger partial charge in [-0.1, -0.05) is 0 Å². The Balaban J connectivity index is 2.28. The molecule has 2 aromatic carbocycles. The second-order valence-corrected chi connectivity index (χ2v) is 4.38. The SMILES string of the molecule is Cc1cc(Nc2ccc([N+](=O)[O-])cc2F)ccc1C(=O)O. The number of hydrogen-bond acceptors (Lipinski definition) is 4. The number of nitro benzene ring substituents is 1. The zero-order valence-electron chi connectivity index (χ0n) is 11.0. The van der Waals surface area contributed by atoms with Crippen molar-refractivity contribution in [1.29, 1.82) is 0 Å². The highest BCUT2D eigenvalue weighted by Gasteiger charge is 2.12. The van der Waals surface area contributed by atoms with Gasteiger partial charge in [0.15, 0.2) is 5.82 Å². The number of nitrogens with zero attached hydrogens (tertiary/aromatic N) is 1. The summed E-state index contributed by atoms with van der Waals surface area (Å²) in [6.45, 7) is 1.63. The van der Waals surface area contributed by atoms with Gasteiger partial charge < -0.3 is 10.4 Å². The quantitative estimate of drug-likeness (QED) is 0.664. The van der Waals surface area contributed by atoms with Gasteiger partial charge in [-0.2, -0.15) is 0 Å². The van der Waals surface area contributed by atoms with Crippen LogP contribution in [0.2, 0.25) is 0 Å². The molecular formula is C14H11FN2O4. The van der Waals surface area contributed by atoms with Crippen molar-refractivity contribution in [3.63, 3.8) is 0 Å². The lowest BCUT2D eigenvalue weighted by Crippen LogP contribution is -2.01. The van der Waals surface area contributed by atoms with E-state index < -0.39 is 16.7 Å². The minimum Gasteiger partial charge on any atom is -0.478 e. The molecule has 6 nitrogen and oxygen atoms in total. The highest BCUT2D eigenvalue weighted by atomic mass is 19.1. The third-order valence-electron chi connectivity index (χ3n) is 2.90. The molecule has 0 aliphatic carbocycles. The molecule has 0 saturated heterocycles. The number of carboxylic acid groups (broad SMARTS) is 1. The van der Waals surface area contributed by atoms with Gasteiger partial charge in [0.05, 0.1) is 22.2 Å². The first kappa shape index (κ1) is 14.4. The largest absolute Gasteiger partial charge is 0.478 e. The van der Waals surface area contributed by atoms with E-state index >= 15 is 0 Å². The van der Waals surface area contributed by atoms with Gasteiger partial charge in [-0.05, 0) is 36.8 Å². The summed E-state index contributed by atoms with van der Waals surface area (Å²) in [4.78, 5) is 20.8. The molecule has 2 rings (SSSR count). The van der Waals surface area contributed by atoms with Gasteiger partial charge in [0.25, 0.3) is 5.69 Å². The number of anilines is 2. The van der Waals surface area contributed by atoms with E-state index in [2.05, 4.69) is 5.32 Å². The molecule has 7 heteroatoms. The summed E-state index contributed by atoms with van der Waals surface area (Å²) in [6, 6.07) is 7.73. The Kier molecular flexibility index (Phi) is 3.84. The van der Waals surface area contributed by atoms with Crippen molar-refractivity contribution in [3.8, 4) is 0 Å². The fourth-order valence-corrected chi connectivity index (χ4v) is 1.86. The first-order chi connectivity index (χ1) is 9.88. The first-order valence-electron chi connectivity index (χ1n) is 5.93. The van der Waals surface area contributed by atoms with E-state index in [9.17, 15) is 19.3 Å². The second kappa shape index (κ2) is 5.58. The van der Waals surface area contributed by atoms with Crippen molar-refractivity contribution in [2.24, 2.45) is 0 Å². The number of hydrogen-bond donors (Lipinski definition) is 2. The minimum absolute atomic E-state index is 0.0723. The molecule has 21 heavy (non-hydrogen) atoms. The van der Waals surface area contributed by atoms with Crippen LogP contribution in [0.25, 0.3) is 0 Å². The van der Waals surface area contributed by atoms with Crippen LogP contribution < -0.4 is 5.32 Å². The Hall–Kier alpha value is -2.96. The summed E-state index contributed by atoms with van der Waals surface area (Å²) in [5.41, 5.74) is 0.906. The summed E-state index contributed by atoms with van der Waals surface area (Å²) < 4.78 is 13.7. The van der Waals surface area contributed by atoms with Crippen LogP contribution >= 0.6 is 0 Å². The van der Waals surface area contributed by atoms with Gasteiger partial charge in [-0.15, -0.1) is 0 Å². The Morgan fingerprint density at radius 3 is 2.52 bits per heavy atom. The lowest BCUT2D eigenvalue weighted by Gasteiger charge is -2.09. The monoisotopic (exact) mass is 290 g/mol. The molecule has 0 fully saturated rings. The topological polar surface area (TPSA) is 92.5 Å². The van der Waals surface area contributed by atoms with Crippen molar-refractivity contribution in [2.45, 2.75) is 6.92 Å². The van der Waals surface area contributed by atoms with Crippen molar-refractivity contribution in [3.05, 3.63) is 63.5 Å². The summed E-state index contributed by atoms with van der Waals surface area (Å²) >= 11 is 0. The van der Waals surface area contributed by atoms with Crippen molar-refractivity contribution in [1.82, 2.24) is 0 Å².